The lowest BCUT2D eigenvalue weighted by Gasteiger charge is -2.22. The molecule has 4 aromatic carbocycles. The number of hydrogen-bond acceptors (Lipinski definition) is 8. The molecule has 1 saturated heterocycles. The maximum atomic E-state index is 13.9. The highest BCUT2D eigenvalue weighted by molar-refractivity contribution is 8.19. The number of amidine groups is 1. The Balaban J connectivity index is 1.16. The summed E-state index contributed by atoms with van der Waals surface area (Å²) in [7, 11) is 0. The average molecular weight is 794 g/mol. The summed E-state index contributed by atoms with van der Waals surface area (Å²) in [5.41, 5.74) is 6.64. The van der Waals surface area contributed by atoms with Gasteiger partial charge < -0.3 is 9.47 Å². The lowest BCUT2D eigenvalue weighted by Crippen LogP contribution is -2.31. The molecule has 1 aromatic heterocycles. The van der Waals surface area contributed by atoms with Gasteiger partial charge in [0.1, 0.15) is 17.8 Å². The van der Waals surface area contributed by atoms with Crippen LogP contribution in [0.25, 0.3) is 23.2 Å². The number of aliphatic imine (C=N–C) groups is 1. The number of nitrogens with one attached hydrogen (secondary N) is 1. The third-order valence-corrected chi connectivity index (χ3v) is 8.80. The molecule has 0 spiro atoms. The van der Waals surface area contributed by atoms with Gasteiger partial charge in [0.15, 0.2) is 11.0 Å². The molecular formula is C38H29F6N7O4S. The van der Waals surface area contributed by atoms with E-state index in [0.717, 1.165) is 35.0 Å². The maximum Gasteiger partial charge on any atom is 0.573 e. The third kappa shape index (κ3) is 10.0. The fraction of sp³-hybridized carbons (Fsp3) is 0.158. The van der Waals surface area contributed by atoms with E-state index >= 15 is 0 Å². The number of carbonyl (C=O) groups excluding carboxylic acids is 2. The molecule has 1 aliphatic heterocycles. The van der Waals surface area contributed by atoms with Crippen LogP contribution < -0.4 is 19.8 Å². The van der Waals surface area contributed by atoms with Gasteiger partial charge in [-0.15, -0.1) is 31.4 Å². The number of carbonyl (C=O) groups is 2. The highest BCUT2D eigenvalue weighted by Gasteiger charge is 2.37. The molecule has 56 heavy (non-hydrogen) atoms. The van der Waals surface area contributed by atoms with Crippen LogP contribution in [-0.4, -0.2) is 50.8 Å². The maximum absolute atomic E-state index is 13.9. The van der Waals surface area contributed by atoms with Crippen LogP contribution in [0.4, 0.5) is 36.8 Å². The molecule has 0 saturated carbocycles. The van der Waals surface area contributed by atoms with Gasteiger partial charge in [0.25, 0.3) is 5.91 Å². The normalized spacial score (nSPS) is 15.0. The van der Waals surface area contributed by atoms with Crippen LogP contribution >= 0.6 is 11.8 Å². The van der Waals surface area contributed by atoms with E-state index in [0.29, 0.717) is 33.9 Å². The summed E-state index contributed by atoms with van der Waals surface area (Å²) in [6, 6.07) is 21.7. The molecule has 2 heterocycles. The fourth-order valence-corrected chi connectivity index (χ4v) is 6.30. The molecule has 11 nitrogen and oxygen atoms in total. The number of hydrogen-bond donors (Lipinski definition) is 1. The summed E-state index contributed by atoms with van der Waals surface area (Å²) in [5, 5.41) is 8.41. The van der Waals surface area contributed by atoms with E-state index in [1.807, 2.05) is 39.0 Å². The van der Waals surface area contributed by atoms with Crippen LogP contribution in [0.3, 0.4) is 0 Å². The Morgan fingerprint density at radius 3 is 2.07 bits per heavy atom. The van der Waals surface area contributed by atoms with Crippen LogP contribution in [0.1, 0.15) is 42.0 Å². The predicted octanol–water partition coefficient (Wildman–Crippen LogP) is 9.38. The van der Waals surface area contributed by atoms with Crippen LogP contribution in [0.15, 0.2) is 112 Å². The second-order valence-corrected chi connectivity index (χ2v) is 13.3. The van der Waals surface area contributed by atoms with Crippen molar-refractivity contribution >= 4 is 46.8 Å². The van der Waals surface area contributed by atoms with Crippen molar-refractivity contribution in [3.8, 4) is 28.6 Å². The van der Waals surface area contributed by atoms with Crippen molar-refractivity contribution in [2.24, 2.45) is 10.1 Å². The molecule has 6 rings (SSSR count). The Hall–Kier alpha value is -6.43. The third-order valence-electron chi connectivity index (χ3n) is 7.83. The summed E-state index contributed by atoms with van der Waals surface area (Å²) < 4.78 is 84.6. The minimum atomic E-state index is -4.85. The first-order valence-corrected chi connectivity index (χ1v) is 17.3. The van der Waals surface area contributed by atoms with Gasteiger partial charge in [-0.25, -0.2) is 19.9 Å². The van der Waals surface area contributed by atoms with E-state index in [4.69, 9.17) is 0 Å². The second-order valence-electron chi connectivity index (χ2n) is 12.3. The minimum Gasteiger partial charge on any atom is -0.406 e. The van der Waals surface area contributed by atoms with Gasteiger partial charge in [-0.3, -0.25) is 9.69 Å². The van der Waals surface area contributed by atoms with Crippen LogP contribution in [-0.2, 0) is 4.79 Å². The first-order chi connectivity index (χ1) is 26.5. The number of alkyl halides is 6. The zero-order valence-electron chi connectivity index (χ0n) is 29.5. The summed E-state index contributed by atoms with van der Waals surface area (Å²) >= 11 is 0.921. The first-order valence-electron chi connectivity index (χ1n) is 16.5. The van der Waals surface area contributed by atoms with Crippen molar-refractivity contribution in [2.75, 3.05) is 4.90 Å². The van der Waals surface area contributed by atoms with Crippen LogP contribution in [0.5, 0.6) is 11.5 Å². The highest BCUT2D eigenvalue weighted by atomic mass is 32.2. The Kier molecular flexibility index (Phi) is 11.3. The zero-order chi connectivity index (χ0) is 40.2. The number of amides is 3. The zero-order valence-corrected chi connectivity index (χ0v) is 30.3. The Labute approximate surface area is 319 Å². The van der Waals surface area contributed by atoms with Crippen molar-refractivity contribution < 1.29 is 45.4 Å². The van der Waals surface area contributed by atoms with Crippen molar-refractivity contribution in [1.82, 2.24) is 20.2 Å². The lowest BCUT2D eigenvalue weighted by atomic mass is 9.98. The van der Waals surface area contributed by atoms with E-state index in [1.54, 1.807) is 24.3 Å². The molecule has 1 N–H and O–H groups in total. The number of rotatable bonds is 9. The van der Waals surface area contributed by atoms with Gasteiger partial charge in [-0.1, -0.05) is 62.4 Å². The Morgan fingerprint density at radius 1 is 0.857 bits per heavy atom. The number of ether oxygens (including phenoxy) is 2. The molecule has 0 aliphatic carbocycles. The SMILES string of the molecule is Cc1ccc(C(C)C)c(N2C(=O)/C(=C\c3ccc(OC(F)(F)F)cc3)S/C2=N\C(=O)N/N=C/c2ccc(-c3ncn(-c4ccc(OC(F)(F)F)cc4)n3)cc2)c1. The van der Waals surface area contributed by atoms with Gasteiger partial charge in [0.05, 0.1) is 22.5 Å². The standard InChI is InChI=1S/C38H29F6N7O4S/c1-22(2)30-17-4-23(3)18-31(30)51-34(52)32(19-24-7-13-28(14-8-24)54-37(39,40)41)56-36(51)47-35(53)48-46-20-25-5-9-26(10-6-25)33-45-21-50(49-33)27-11-15-29(16-12-27)55-38(42,43)44/h4-22H,1-3H3,(H,48,53)/b32-19+,46-20+,47-36-. The van der Waals surface area contributed by atoms with Crippen molar-refractivity contribution in [3.05, 3.63) is 124 Å². The number of urea groups is 1. The van der Waals surface area contributed by atoms with E-state index in [1.165, 1.54) is 64.6 Å². The van der Waals surface area contributed by atoms with Gasteiger partial charge in [-0.05, 0) is 95.4 Å². The summed E-state index contributed by atoms with van der Waals surface area (Å²) in [5.74, 6) is -0.925. The smallest absolute Gasteiger partial charge is 0.406 e. The summed E-state index contributed by atoms with van der Waals surface area (Å²) in [6.07, 6.45) is -5.39. The van der Waals surface area contributed by atoms with E-state index < -0.39 is 30.4 Å². The highest BCUT2D eigenvalue weighted by Crippen LogP contribution is 2.40. The van der Waals surface area contributed by atoms with Gasteiger partial charge in [0, 0.05) is 5.56 Å². The van der Waals surface area contributed by atoms with Gasteiger partial charge >= 0.3 is 18.8 Å². The average Bonchev–Trinajstić information content (AvgIpc) is 3.73. The molecule has 288 valence electrons. The predicted molar refractivity (Wildman–Crippen MR) is 198 cm³/mol. The van der Waals surface area contributed by atoms with E-state index in [-0.39, 0.29) is 21.7 Å². The number of anilines is 1. The molecule has 3 amide bonds. The molecule has 1 aliphatic rings. The minimum absolute atomic E-state index is 0.00216. The van der Waals surface area contributed by atoms with Crippen molar-refractivity contribution in [1.29, 1.82) is 0 Å². The monoisotopic (exact) mass is 793 g/mol. The number of halogens is 6. The van der Waals surface area contributed by atoms with Crippen molar-refractivity contribution in [3.63, 3.8) is 0 Å². The number of benzene rings is 4. The Morgan fingerprint density at radius 2 is 1.46 bits per heavy atom. The summed E-state index contributed by atoms with van der Waals surface area (Å²) in [4.78, 5) is 36.8. The topological polar surface area (TPSA) is 123 Å². The van der Waals surface area contributed by atoms with Gasteiger partial charge in [-0.2, -0.15) is 10.1 Å². The summed E-state index contributed by atoms with van der Waals surface area (Å²) in [6.45, 7) is 5.78. The number of hydrazone groups is 1. The fourth-order valence-electron chi connectivity index (χ4n) is 5.33. The lowest BCUT2D eigenvalue weighted by molar-refractivity contribution is -0.275. The number of aromatic nitrogens is 3. The van der Waals surface area contributed by atoms with E-state index in [9.17, 15) is 35.9 Å². The first kappa shape index (κ1) is 39.3. The number of aryl methyl sites for hydroxylation is 1. The molecular weight excluding hydrogens is 765 g/mol. The van der Waals surface area contributed by atoms with Gasteiger partial charge in [0.2, 0.25) is 0 Å². The van der Waals surface area contributed by atoms with Crippen molar-refractivity contribution in [2.45, 2.75) is 39.4 Å². The van der Waals surface area contributed by atoms with Crippen LogP contribution in [0.2, 0.25) is 0 Å². The molecule has 0 radical (unpaired) electrons. The molecule has 0 unspecified atom stereocenters. The largest absolute Gasteiger partial charge is 0.573 e. The quantitative estimate of drug-likeness (QED) is 0.0683. The Bertz CT molecular complexity index is 2320. The van der Waals surface area contributed by atoms with Crippen LogP contribution in [0, 0.1) is 6.92 Å². The molecule has 18 heteroatoms. The molecule has 1 fully saturated rings. The molecule has 0 atom stereocenters. The van der Waals surface area contributed by atoms with E-state index in [2.05, 4.69) is 35.1 Å². The second kappa shape index (κ2) is 16.1. The molecule has 5 aromatic rings. The molecule has 0 bridgehead atoms. The number of thioether (sulfide) groups is 1. The number of nitrogens with zero attached hydrogens (tertiary/aromatic N) is 6.